The third-order valence-corrected chi connectivity index (χ3v) is 4.98. The van der Waals surface area contributed by atoms with Crippen molar-refractivity contribution in [3.8, 4) is 11.5 Å². The van der Waals surface area contributed by atoms with Gasteiger partial charge in [0, 0.05) is 23.4 Å². The lowest BCUT2D eigenvalue weighted by molar-refractivity contribution is -0.123. The minimum Gasteiger partial charge on any atom is -0.490 e. The number of carbonyl (C=O) groups excluding carboxylic acids is 2. The Balaban J connectivity index is 1.45. The number of benzene rings is 3. The molecule has 32 heavy (non-hydrogen) atoms. The number of hydrogen-bond acceptors (Lipinski definition) is 4. The maximum absolute atomic E-state index is 12.4. The Morgan fingerprint density at radius 2 is 1.75 bits per heavy atom. The fourth-order valence-corrected chi connectivity index (χ4v) is 3.44. The fourth-order valence-electron chi connectivity index (χ4n) is 3.44. The van der Waals surface area contributed by atoms with Gasteiger partial charge in [-0.2, -0.15) is 0 Å². The summed E-state index contributed by atoms with van der Waals surface area (Å²) in [7, 11) is 0. The topological polar surface area (TPSA) is 76.7 Å². The Kier molecular flexibility index (Phi) is 6.51. The lowest BCUT2D eigenvalue weighted by atomic mass is 10.0. The van der Waals surface area contributed by atoms with Crippen molar-refractivity contribution < 1.29 is 19.1 Å². The van der Waals surface area contributed by atoms with Crippen LogP contribution in [0.5, 0.6) is 11.5 Å². The maximum atomic E-state index is 12.4. The zero-order valence-corrected chi connectivity index (χ0v) is 17.8. The van der Waals surface area contributed by atoms with Gasteiger partial charge in [-0.1, -0.05) is 54.6 Å². The minimum absolute atomic E-state index is 0.122. The van der Waals surface area contributed by atoms with E-state index in [-0.39, 0.29) is 18.4 Å². The molecule has 0 fully saturated rings. The van der Waals surface area contributed by atoms with E-state index in [0.29, 0.717) is 30.2 Å². The normalized spacial score (nSPS) is 13.4. The molecule has 6 nitrogen and oxygen atoms in total. The van der Waals surface area contributed by atoms with Gasteiger partial charge in [0.15, 0.2) is 18.1 Å². The zero-order chi connectivity index (χ0) is 22.3. The summed E-state index contributed by atoms with van der Waals surface area (Å²) in [5.74, 6) is 0.630. The van der Waals surface area contributed by atoms with E-state index in [9.17, 15) is 9.59 Å². The van der Waals surface area contributed by atoms with E-state index in [1.54, 1.807) is 6.07 Å². The fraction of sp³-hybridized carbons (Fsp3) is 0.154. The van der Waals surface area contributed by atoms with Crippen LogP contribution in [0.15, 0.2) is 72.8 Å². The van der Waals surface area contributed by atoms with E-state index < -0.39 is 0 Å². The molecule has 0 radical (unpaired) electrons. The lowest BCUT2D eigenvalue weighted by Gasteiger charge is -2.13. The number of rotatable bonds is 8. The van der Waals surface area contributed by atoms with Gasteiger partial charge in [0.05, 0.1) is 6.61 Å². The van der Waals surface area contributed by atoms with Gasteiger partial charge in [0.1, 0.15) is 0 Å². The average molecular weight is 428 g/mol. The van der Waals surface area contributed by atoms with Crippen LogP contribution in [0, 0.1) is 0 Å². The van der Waals surface area contributed by atoms with Crippen molar-refractivity contribution in [2.45, 2.75) is 13.5 Å². The van der Waals surface area contributed by atoms with E-state index in [1.807, 2.05) is 79.7 Å². The van der Waals surface area contributed by atoms with Gasteiger partial charge in [-0.15, -0.1) is 0 Å². The minimum atomic E-state index is -0.221. The highest BCUT2D eigenvalue weighted by molar-refractivity contribution is 6.34. The monoisotopic (exact) mass is 428 g/mol. The number of fused-ring (bicyclic) bond motifs is 1. The molecule has 3 aromatic carbocycles. The first-order chi connectivity index (χ1) is 15.6. The van der Waals surface area contributed by atoms with Gasteiger partial charge in [0.2, 0.25) is 0 Å². The number of para-hydroxylation sites is 1. The number of ether oxygens (including phenoxy) is 2. The molecule has 3 aromatic rings. The van der Waals surface area contributed by atoms with Gasteiger partial charge < -0.3 is 20.1 Å². The van der Waals surface area contributed by atoms with Crippen LogP contribution in [-0.2, 0) is 16.1 Å². The number of hydrogen-bond donors (Lipinski definition) is 2. The molecular weight excluding hydrogens is 404 g/mol. The van der Waals surface area contributed by atoms with Crippen molar-refractivity contribution >= 4 is 29.2 Å². The van der Waals surface area contributed by atoms with Crippen LogP contribution in [0.3, 0.4) is 0 Å². The molecule has 1 aliphatic heterocycles. The molecule has 1 aliphatic rings. The number of anilines is 1. The summed E-state index contributed by atoms with van der Waals surface area (Å²) in [5, 5.41) is 5.70. The summed E-state index contributed by atoms with van der Waals surface area (Å²) in [5.41, 5.74) is 4.08. The van der Waals surface area contributed by atoms with E-state index in [4.69, 9.17) is 9.47 Å². The second kappa shape index (κ2) is 9.83. The van der Waals surface area contributed by atoms with E-state index >= 15 is 0 Å². The molecule has 0 unspecified atom stereocenters. The highest BCUT2D eigenvalue weighted by atomic mass is 16.5. The molecule has 0 aliphatic carbocycles. The predicted octanol–water partition coefficient (Wildman–Crippen LogP) is 4.27. The Hall–Kier alpha value is -4.06. The maximum Gasteiger partial charge on any atom is 0.258 e. The van der Waals surface area contributed by atoms with E-state index in [2.05, 4.69) is 10.6 Å². The molecule has 2 N–H and O–H groups in total. The SMILES string of the molecule is CCOc1cc(C=C2C(=O)Nc3ccccc32)ccc1OCC(=O)NCc1ccccc1. The Labute approximate surface area is 186 Å². The number of amides is 2. The van der Waals surface area contributed by atoms with Crippen LogP contribution >= 0.6 is 0 Å². The third-order valence-electron chi connectivity index (χ3n) is 4.98. The summed E-state index contributed by atoms with van der Waals surface area (Å²) in [4.78, 5) is 24.6. The van der Waals surface area contributed by atoms with Gasteiger partial charge in [-0.3, -0.25) is 9.59 Å². The summed E-state index contributed by atoms with van der Waals surface area (Å²) in [6.45, 7) is 2.64. The molecular formula is C26H24N2O4. The van der Waals surface area contributed by atoms with Crippen LogP contribution in [-0.4, -0.2) is 25.0 Å². The second-order valence-electron chi connectivity index (χ2n) is 7.25. The van der Waals surface area contributed by atoms with Crippen molar-refractivity contribution in [2.24, 2.45) is 0 Å². The number of carbonyl (C=O) groups is 2. The van der Waals surface area contributed by atoms with E-state index in [1.165, 1.54) is 0 Å². The van der Waals surface area contributed by atoms with Crippen molar-refractivity contribution in [1.82, 2.24) is 5.32 Å². The third kappa shape index (κ3) is 4.98. The summed E-state index contributed by atoms with van der Waals surface area (Å²) in [6, 6.07) is 22.6. The molecule has 0 spiro atoms. The molecule has 162 valence electrons. The van der Waals surface area contributed by atoms with Crippen LogP contribution in [0.2, 0.25) is 0 Å². The van der Waals surface area contributed by atoms with Gasteiger partial charge in [-0.05, 0) is 42.3 Å². The number of nitrogens with one attached hydrogen (secondary N) is 2. The second-order valence-corrected chi connectivity index (χ2v) is 7.25. The average Bonchev–Trinajstić information content (AvgIpc) is 3.13. The van der Waals surface area contributed by atoms with Gasteiger partial charge >= 0.3 is 0 Å². The highest BCUT2D eigenvalue weighted by Crippen LogP contribution is 2.34. The molecule has 6 heteroatoms. The van der Waals surface area contributed by atoms with Crippen LogP contribution in [0.1, 0.15) is 23.6 Å². The Bertz CT molecular complexity index is 1160. The van der Waals surface area contributed by atoms with Crippen molar-refractivity contribution in [3.63, 3.8) is 0 Å². The molecule has 0 saturated carbocycles. The first-order valence-corrected chi connectivity index (χ1v) is 10.5. The lowest BCUT2D eigenvalue weighted by Crippen LogP contribution is -2.28. The standard InChI is InChI=1S/C26H24N2O4/c1-2-31-24-15-19(14-21-20-10-6-7-11-22(20)28-26(21)30)12-13-23(24)32-17-25(29)27-16-18-8-4-3-5-9-18/h3-15H,2,16-17H2,1H3,(H,27,29)(H,28,30). The Morgan fingerprint density at radius 1 is 0.969 bits per heavy atom. The molecule has 0 saturated heterocycles. The summed E-state index contributed by atoms with van der Waals surface area (Å²) < 4.78 is 11.4. The summed E-state index contributed by atoms with van der Waals surface area (Å²) >= 11 is 0. The molecule has 0 bridgehead atoms. The smallest absolute Gasteiger partial charge is 0.258 e. The molecule has 1 heterocycles. The summed E-state index contributed by atoms with van der Waals surface area (Å²) in [6.07, 6.45) is 1.82. The molecule has 0 aromatic heterocycles. The van der Waals surface area contributed by atoms with Gasteiger partial charge in [0.25, 0.3) is 11.8 Å². The zero-order valence-electron chi connectivity index (χ0n) is 17.8. The first-order valence-electron chi connectivity index (χ1n) is 10.5. The van der Waals surface area contributed by atoms with Crippen LogP contribution in [0.25, 0.3) is 11.6 Å². The van der Waals surface area contributed by atoms with Crippen LogP contribution < -0.4 is 20.1 Å². The molecule has 4 rings (SSSR count). The Morgan fingerprint density at radius 3 is 2.56 bits per heavy atom. The highest BCUT2D eigenvalue weighted by Gasteiger charge is 2.23. The quantitative estimate of drug-likeness (QED) is 0.525. The predicted molar refractivity (Wildman–Crippen MR) is 124 cm³/mol. The van der Waals surface area contributed by atoms with Gasteiger partial charge in [-0.25, -0.2) is 0 Å². The van der Waals surface area contributed by atoms with E-state index in [0.717, 1.165) is 22.4 Å². The molecule has 0 atom stereocenters. The molecule has 2 amide bonds. The van der Waals surface area contributed by atoms with Crippen molar-refractivity contribution in [2.75, 3.05) is 18.5 Å². The van der Waals surface area contributed by atoms with Crippen molar-refractivity contribution in [3.05, 3.63) is 89.5 Å². The first kappa shape index (κ1) is 21.2. The van der Waals surface area contributed by atoms with Crippen LogP contribution in [0.4, 0.5) is 5.69 Å². The van der Waals surface area contributed by atoms with Crippen molar-refractivity contribution in [1.29, 1.82) is 0 Å². The largest absolute Gasteiger partial charge is 0.490 e.